The minimum atomic E-state index is -0.878. The minimum Gasteiger partial charge on any atom is -0.490 e. The number of amides is 4. The van der Waals surface area contributed by atoms with Gasteiger partial charge in [-0.1, -0.05) is 70.2 Å². The molecule has 236 valence electrons. The zero-order valence-electron chi connectivity index (χ0n) is 25.2. The molecule has 0 aromatic heterocycles. The molecule has 0 saturated carbocycles. The van der Waals surface area contributed by atoms with Gasteiger partial charge in [-0.05, 0) is 86.5 Å². The topological polar surface area (TPSA) is 94.2 Å². The fourth-order valence-electron chi connectivity index (χ4n) is 4.93. The van der Waals surface area contributed by atoms with E-state index in [1.165, 1.54) is 18.2 Å². The van der Waals surface area contributed by atoms with Crippen molar-refractivity contribution in [1.82, 2.24) is 5.32 Å². The number of imide groups is 2. The Labute approximate surface area is 281 Å². The Balaban J connectivity index is 1.35. The number of aryl methyl sites for hydroxylation is 2. The lowest BCUT2D eigenvalue weighted by molar-refractivity contribution is -0.122. The number of carbonyl (C=O) groups excluding carboxylic acids is 3. The first-order valence-corrected chi connectivity index (χ1v) is 15.4. The van der Waals surface area contributed by atoms with Crippen molar-refractivity contribution in [3.05, 3.63) is 121 Å². The predicted octanol–water partition coefficient (Wildman–Crippen LogP) is 8.49. The van der Waals surface area contributed by atoms with Crippen molar-refractivity contribution in [3.8, 4) is 17.2 Å². The van der Waals surface area contributed by atoms with E-state index in [9.17, 15) is 14.4 Å². The summed E-state index contributed by atoms with van der Waals surface area (Å²) in [5, 5.41) is 3.44. The normalized spacial score (nSPS) is 14.0. The Hall–Kier alpha value is -4.50. The first-order valence-electron chi connectivity index (χ1n) is 14.3. The van der Waals surface area contributed by atoms with Gasteiger partial charge in [0.05, 0.1) is 17.3 Å². The van der Waals surface area contributed by atoms with E-state index in [1.54, 1.807) is 42.5 Å². The van der Waals surface area contributed by atoms with Crippen LogP contribution in [0.1, 0.15) is 34.7 Å². The van der Waals surface area contributed by atoms with Gasteiger partial charge in [0.1, 0.15) is 24.5 Å². The number of hydrogen-bond acceptors (Lipinski definition) is 6. The Morgan fingerprint density at radius 1 is 0.783 bits per heavy atom. The van der Waals surface area contributed by atoms with Crippen molar-refractivity contribution in [3.63, 3.8) is 0 Å². The number of rotatable bonds is 10. The zero-order valence-corrected chi connectivity index (χ0v) is 27.4. The molecule has 4 aromatic rings. The van der Waals surface area contributed by atoms with Gasteiger partial charge >= 0.3 is 6.03 Å². The lowest BCUT2D eigenvalue weighted by Crippen LogP contribution is -2.54. The predicted molar refractivity (Wildman–Crippen MR) is 179 cm³/mol. The highest BCUT2D eigenvalue weighted by Crippen LogP contribution is 2.38. The van der Waals surface area contributed by atoms with Gasteiger partial charge in [-0.2, -0.15) is 0 Å². The van der Waals surface area contributed by atoms with Crippen LogP contribution in [0.5, 0.6) is 17.2 Å². The summed E-state index contributed by atoms with van der Waals surface area (Å²) in [7, 11) is 0. The zero-order chi connectivity index (χ0) is 33.0. The van der Waals surface area contributed by atoms with Gasteiger partial charge in [0.2, 0.25) is 0 Å². The van der Waals surface area contributed by atoms with Crippen LogP contribution in [-0.2, 0) is 22.8 Å². The van der Waals surface area contributed by atoms with Crippen molar-refractivity contribution >= 4 is 64.4 Å². The van der Waals surface area contributed by atoms with Gasteiger partial charge in [-0.3, -0.25) is 14.9 Å². The van der Waals surface area contributed by atoms with Crippen LogP contribution in [0.2, 0.25) is 15.1 Å². The molecule has 0 spiro atoms. The Morgan fingerprint density at radius 2 is 1.50 bits per heavy atom. The number of nitrogens with one attached hydrogen (secondary N) is 1. The molecule has 5 rings (SSSR count). The van der Waals surface area contributed by atoms with Gasteiger partial charge in [0, 0.05) is 15.6 Å². The largest absolute Gasteiger partial charge is 0.490 e. The Morgan fingerprint density at radius 3 is 2.17 bits per heavy atom. The van der Waals surface area contributed by atoms with E-state index in [4.69, 9.17) is 49.0 Å². The van der Waals surface area contributed by atoms with Gasteiger partial charge in [-0.15, -0.1) is 0 Å². The van der Waals surface area contributed by atoms with Crippen LogP contribution in [0.4, 0.5) is 10.5 Å². The van der Waals surface area contributed by atoms with E-state index in [1.807, 2.05) is 32.9 Å². The third-order valence-corrected chi connectivity index (χ3v) is 7.78. The molecular weight excluding hydrogens is 651 g/mol. The molecule has 4 aromatic carbocycles. The van der Waals surface area contributed by atoms with Crippen molar-refractivity contribution in [2.24, 2.45) is 0 Å². The lowest BCUT2D eigenvalue weighted by Gasteiger charge is -2.26. The van der Waals surface area contributed by atoms with E-state index < -0.39 is 17.8 Å². The molecule has 0 radical (unpaired) electrons. The number of anilines is 1. The molecule has 1 aliphatic heterocycles. The Kier molecular flexibility index (Phi) is 10.2. The number of nitrogens with zero attached hydrogens (tertiary/aromatic N) is 1. The van der Waals surface area contributed by atoms with E-state index in [0.29, 0.717) is 39.5 Å². The molecule has 1 heterocycles. The summed E-state index contributed by atoms with van der Waals surface area (Å²) in [6.45, 7) is 6.61. The van der Waals surface area contributed by atoms with Crippen LogP contribution in [0.3, 0.4) is 0 Å². The number of barbiturate groups is 1. The molecule has 1 saturated heterocycles. The van der Waals surface area contributed by atoms with Crippen LogP contribution in [0.25, 0.3) is 6.08 Å². The SMILES string of the molecule is CCOc1cc(/C=C2\C(=O)NC(=O)N(c3ccc(OCc4ccc(Cl)cc4Cl)cc3)C2=O)cc(Cl)c1OCc1cc(C)cc(C)c1. The number of carbonyl (C=O) groups is 3. The maximum Gasteiger partial charge on any atom is 0.335 e. The van der Waals surface area contributed by atoms with Crippen molar-refractivity contribution < 1.29 is 28.6 Å². The minimum absolute atomic E-state index is 0.182. The number of benzene rings is 4. The second-order valence-electron chi connectivity index (χ2n) is 10.5. The number of urea groups is 1. The summed E-state index contributed by atoms with van der Waals surface area (Å²) in [6.07, 6.45) is 1.35. The third kappa shape index (κ3) is 7.65. The Bertz CT molecular complexity index is 1840. The summed E-state index contributed by atoms with van der Waals surface area (Å²) in [6, 6.07) is 19.8. The van der Waals surface area contributed by atoms with Gasteiger partial charge in [0.25, 0.3) is 11.8 Å². The van der Waals surface area contributed by atoms with Crippen molar-refractivity contribution in [1.29, 1.82) is 0 Å². The van der Waals surface area contributed by atoms with Gasteiger partial charge in [-0.25, -0.2) is 9.69 Å². The lowest BCUT2D eigenvalue weighted by atomic mass is 10.1. The highest BCUT2D eigenvalue weighted by Gasteiger charge is 2.37. The molecule has 11 heteroatoms. The van der Waals surface area contributed by atoms with Crippen LogP contribution < -0.4 is 24.4 Å². The van der Waals surface area contributed by atoms with Crippen molar-refractivity contribution in [2.75, 3.05) is 11.5 Å². The summed E-state index contributed by atoms with van der Waals surface area (Å²) in [5.74, 6) is -0.487. The quantitative estimate of drug-likeness (QED) is 0.134. The molecular formula is C35H29Cl3N2O6. The molecule has 1 N–H and O–H groups in total. The summed E-state index contributed by atoms with van der Waals surface area (Å²) in [5.41, 5.74) is 4.32. The fraction of sp³-hybridized carbons (Fsp3) is 0.171. The molecule has 46 heavy (non-hydrogen) atoms. The first-order chi connectivity index (χ1) is 22.0. The molecule has 0 unspecified atom stereocenters. The number of halogens is 3. The monoisotopic (exact) mass is 678 g/mol. The first kappa shape index (κ1) is 32.9. The van der Waals surface area contributed by atoms with Gasteiger partial charge in [0.15, 0.2) is 11.5 Å². The molecule has 0 atom stereocenters. The highest BCUT2D eigenvalue weighted by atomic mass is 35.5. The second kappa shape index (κ2) is 14.3. The van der Waals surface area contributed by atoms with E-state index in [-0.39, 0.29) is 29.5 Å². The summed E-state index contributed by atoms with van der Waals surface area (Å²) < 4.78 is 17.7. The molecule has 1 fully saturated rings. The maximum absolute atomic E-state index is 13.5. The van der Waals surface area contributed by atoms with Crippen molar-refractivity contribution in [2.45, 2.75) is 34.0 Å². The van der Waals surface area contributed by atoms with Crippen LogP contribution in [0.15, 0.2) is 78.4 Å². The fourth-order valence-corrected chi connectivity index (χ4v) is 5.67. The maximum atomic E-state index is 13.5. The van der Waals surface area contributed by atoms with E-state index in [0.717, 1.165) is 27.2 Å². The summed E-state index contributed by atoms with van der Waals surface area (Å²) >= 11 is 18.8. The van der Waals surface area contributed by atoms with E-state index in [2.05, 4.69) is 11.4 Å². The van der Waals surface area contributed by atoms with Crippen LogP contribution in [-0.4, -0.2) is 24.5 Å². The van der Waals surface area contributed by atoms with Gasteiger partial charge < -0.3 is 14.2 Å². The summed E-state index contributed by atoms with van der Waals surface area (Å²) in [4.78, 5) is 40.0. The van der Waals surface area contributed by atoms with Crippen LogP contribution in [0, 0.1) is 13.8 Å². The number of ether oxygens (including phenoxy) is 3. The van der Waals surface area contributed by atoms with E-state index >= 15 is 0 Å². The average Bonchev–Trinajstić information content (AvgIpc) is 2.99. The third-order valence-electron chi connectivity index (χ3n) is 6.91. The second-order valence-corrected chi connectivity index (χ2v) is 11.8. The standard InChI is InChI=1S/C35H29Cl3N2O6/c1-4-44-31-16-22(15-30(38)32(31)46-18-23-12-20(2)11-21(3)13-23)14-28-33(41)39-35(43)40(34(28)42)26-7-9-27(10-8-26)45-19-24-5-6-25(36)17-29(24)37/h5-17H,4,18-19H2,1-3H3,(H,39,41,43)/b28-14+. The highest BCUT2D eigenvalue weighted by molar-refractivity contribution is 6.39. The number of hydrogen-bond donors (Lipinski definition) is 1. The average molecular weight is 680 g/mol. The molecule has 4 amide bonds. The smallest absolute Gasteiger partial charge is 0.335 e. The van der Waals surface area contributed by atoms with Crippen LogP contribution >= 0.6 is 34.8 Å². The molecule has 1 aliphatic rings. The molecule has 8 nitrogen and oxygen atoms in total. The molecule has 0 bridgehead atoms. The molecule has 0 aliphatic carbocycles.